The number of imide groups is 2. The number of nitrogens with one attached hydrogen (secondary N) is 1. The number of benzene rings is 3. The predicted molar refractivity (Wildman–Crippen MR) is 216 cm³/mol. The first kappa shape index (κ1) is 38.9. The molecule has 0 unspecified atom stereocenters. The summed E-state index contributed by atoms with van der Waals surface area (Å²) in [5.41, 5.74) is 1.66. The zero-order valence-corrected chi connectivity index (χ0v) is 34.6. The number of hydrazine groups is 1. The van der Waals surface area contributed by atoms with Crippen LogP contribution >= 0.6 is 68.4 Å². The number of pyridine rings is 1. The number of halogens is 7. The number of hydrogen-bond acceptors (Lipinski definition) is 8. The van der Waals surface area contributed by atoms with Crippen LogP contribution in [0.1, 0.15) is 35.4 Å². The second-order valence-corrected chi connectivity index (χ2v) is 17.2. The molecule has 2 aliphatic carbocycles. The third kappa shape index (κ3) is 5.97. The lowest BCUT2D eigenvalue weighted by atomic mass is 9.49. The second kappa shape index (κ2) is 14.2. The number of phenolic OH excluding ortho intramolecular Hbond substituents is 1. The van der Waals surface area contributed by atoms with E-state index in [1.165, 1.54) is 12.0 Å². The standard InChI is InChI=1S/C39H27Cl2F3I2N4O6/c1-56-29-13-17(12-28(46)32(29)51)31-23-10-11-24-30(36(54)49(34(24)52)22-8-6-21(45)7-9-22)25(23)15-26-35(53)50(37(55)38(26,31)18-2-4-20(40)5-3-18)48-33-27(41)14-19(16-47-33)39(42,43)44/h2-10,12-14,16,24-26,30-31,51H,11,15H2,1H3,(H,47,48)/t24-,25+,26-,30-,31-,38+/m0/s1. The number of carbonyl (C=O) groups is 4. The number of ether oxygens (including phenoxy) is 1. The van der Waals surface area contributed by atoms with Crippen LogP contribution in [0.4, 0.5) is 24.7 Å². The van der Waals surface area contributed by atoms with Crippen molar-refractivity contribution in [3.05, 3.63) is 118 Å². The molecule has 2 N–H and O–H groups in total. The third-order valence-electron chi connectivity index (χ3n) is 11.2. The van der Waals surface area contributed by atoms with Gasteiger partial charge in [0, 0.05) is 20.7 Å². The Bertz CT molecular complexity index is 2380. The molecule has 3 aromatic carbocycles. The van der Waals surface area contributed by atoms with Gasteiger partial charge in [0.05, 0.1) is 50.1 Å². The molecule has 0 radical (unpaired) electrons. The van der Waals surface area contributed by atoms with Crippen molar-refractivity contribution in [2.45, 2.75) is 30.4 Å². The van der Waals surface area contributed by atoms with Gasteiger partial charge in [-0.2, -0.15) is 18.2 Å². The van der Waals surface area contributed by atoms with Gasteiger partial charge in [0.15, 0.2) is 17.3 Å². The van der Waals surface area contributed by atoms with E-state index in [4.69, 9.17) is 27.9 Å². The number of carbonyl (C=O) groups excluding carboxylic acids is 4. The lowest BCUT2D eigenvalue weighted by molar-refractivity contribution is -0.139. The lowest BCUT2D eigenvalue weighted by Gasteiger charge is -2.50. The Morgan fingerprint density at radius 3 is 2.29 bits per heavy atom. The minimum Gasteiger partial charge on any atom is -0.504 e. The van der Waals surface area contributed by atoms with Crippen LogP contribution in [0.15, 0.2) is 84.6 Å². The quantitative estimate of drug-likeness (QED) is 0.112. The van der Waals surface area contributed by atoms with E-state index in [1.54, 1.807) is 60.7 Å². The van der Waals surface area contributed by atoms with E-state index < -0.39 is 69.5 Å². The van der Waals surface area contributed by atoms with Gasteiger partial charge in [-0.25, -0.2) is 4.98 Å². The van der Waals surface area contributed by atoms with E-state index in [2.05, 4.69) is 33.0 Å². The van der Waals surface area contributed by atoms with Gasteiger partial charge in [-0.1, -0.05) is 47.0 Å². The number of fused-ring (bicyclic) bond motifs is 4. The minimum atomic E-state index is -4.76. The van der Waals surface area contributed by atoms with Crippen molar-refractivity contribution in [1.29, 1.82) is 0 Å². The Kier molecular flexibility index (Phi) is 9.84. The molecule has 4 aromatic rings. The molecule has 1 saturated carbocycles. The number of methoxy groups -OCH3 is 1. The van der Waals surface area contributed by atoms with Gasteiger partial charge in [-0.3, -0.25) is 29.5 Å². The van der Waals surface area contributed by atoms with E-state index in [9.17, 15) is 32.7 Å². The number of anilines is 2. The highest BCUT2D eigenvalue weighted by Crippen LogP contribution is 2.64. The Balaban J connectivity index is 1.33. The summed E-state index contributed by atoms with van der Waals surface area (Å²) in [7, 11) is 1.37. The van der Waals surface area contributed by atoms with E-state index >= 15 is 4.79 Å². The van der Waals surface area contributed by atoms with Crippen LogP contribution in [-0.4, -0.2) is 45.8 Å². The molecular weight excluding hydrogens is 1000 g/mol. The molecule has 6 atom stereocenters. The fraction of sp³-hybridized carbons (Fsp3) is 0.256. The molecule has 4 amide bonds. The number of aromatic nitrogens is 1. The third-order valence-corrected chi connectivity index (χ3v) is 13.3. The van der Waals surface area contributed by atoms with Gasteiger partial charge in [-0.05, 0) is 130 Å². The maximum absolute atomic E-state index is 15.4. The number of allylic oxidation sites excluding steroid dienone is 2. The van der Waals surface area contributed by atoms with E-state index in [0.717, 1.165) is 8.58 Å². The molecule has 0 bridgehead atoms. The SMILES string of the molecule is COc1cc([C@H]2C3=CC[C@@H]4C(=O)N(c5ccc(I)cc5)C(=O)[C@@H]4[C@@H]3C[C@H]3C(=O)N(Nc4ncc(C(F)(F)F)cc4Cl)C(=O)[C@@]23c2ccc(Cl)cc2)cc(I)c1O. The van der Waals surface area contributed by atoms with Gasteiger partial charge in [0.1, 0.15) is 0 Å². The highest BCUT2D eigenvalue weighted by molar-refractivity contribution is 14.1. The molecule has 2 saturated heterocycles. The topological polar surface area (TPSA) is 129 Å². The van der Waals surface area contributed by atoms with Crippen molar-refractivity contribution in [3.8, 4) is 11.5 Å². The number of rotatable bonds is 6. The van der Waals surface area contributed by atoms with Crippen molar-refractivity contribution < 1.29 is 42.2 Å². The Hall–Kier alpha value is -3.94. The summed E-state index contributed by atoms with van der Waals surface area (Å²) >= 11 is 16.7. The van der Waals surface area contributed by atoms with Crippen molar-refractivity contribution >= 4 is 104 Å². The average molecular weight is 1030 g/mol. The highest BCUT2D eigenvalue weighted by Gasteiger charge is 2.70. The van der Waals surface area contributed by atoms with E-state index in [-0.39, 0.29) is 36.1 Å². The lowest BCUT2D eigenvalue weighted by Crippen LogP contribution is -2.53. The fourth-order valence-electron chi connectivity index (χ4n) is 8.92. The number of aromatic hydroxyl groups is 1. The summed E-state index contributed by atoms with van der Waals surface area (Å²) in [5.74, 6) is -7.28. The van der Waals surface area contributed by atoms with Crippen molar-refractivity contribution in [3.63, 3.8) is 0 Å². The first-order chi connectivity index (χ1) is 26.6. The summed E-state index contributed by atoms with van der Waals surface area (Å²) in [6.07, 6.45) is -2.22. The van der Waals surface area contributed by atoms with Crippen LogP contribution in [0.5, 0.6) is 11.5 Å². The van der Waals surface area contributed by atoms with Crippen LogP contribution in [0, 0.1) is 30.8 Å². The average Bonchev–Trinajstić information content (AvgIpc) is 3.54. The molecule has 4 aliphatic rings. The van der Waals surface area contributed by atoms with Gasteiger partial charge in [0.2, 0.25) is 11.8 Å². The first-order valence-electron chi connectivity index (χ1n) is 17.1. The molecule has 0 spiro atoms. The van der Waals surface area contributed by atoms with Crippen LogP contribution in [0.2, 0.25) is 10.0 Å². The maximum atomic E-state index is 15.4. The summed E-state index contributed by atoms with van der Waals surface area (Å²) in [6, 6.07) is 17.3. The number of nitrogens with zero attached hydrogens (tertiary/aromatic N) is 3. The second-order valence-electron chi connectivity index (χ2n) is 14.0. The molecule has 1 aromatic heterocycles. The smallest absolute Gasteiger partial charge is 0.417 e. The van der Waals surface area contributed by atoms with Crippen molar-refractivity contribution in [1.82, 2.24) is 9.99 Å². The molecule has 3 fully saturated rings. The molecule has 10 nitrogen and oxygen atoms in total. The van der Waals surface area contributed by atoms with Gasteiger partial charge < -0.3 is 9.84 Å². The summed E-state index contributed by atoms with van der Waals surface area (Å²) in [4.78, 5) is 63.9. The Labute approximate surface area is 354 Å². The van der Waals surface area contributed by atoms with Crippen LogP contribution in [0.3, 0.4) is 0 Å². The molecule has 3 heterocycles. The first-order valence-corrected chi connectivity index (χ1v) is 20.0. The number of alkyl halides is 3. The minimum absolute atomic E-state index is 0.0467. The number of hydrogen-bond donors (Lipinski definition) is 2. The molecule has 8 rings (SSSR count). The molecular formula is C39H27Cl2F3I2N4O6. The zero-order chi connectivity index (χ0) is 40.0. The van der Waals surface area contributed by atoms with E-state index in [0.29, 0.717) is 43.2 Å². The largest absolute Gasteiger partial charge is 0.504 e. The maximum Gasteiger partial charge on any atom is 0.417 e. The monoisotopic (exact) mass is 1030 g/mol. The fourth-order valence-corrected chi connectivity index (χ4v) is 10.2. The number of amides is 4. The molecule has 288 valence electrons. The predicted octanol–water partition coefficient (Wildman–Crippen LogP) is 8.52. The van der Waals surface area contributed by atoms with Crippen LogP contribution in [0.25, 0.3) is 0 Å². The number of phenols is 1. The van der Waals surface area contributed by atoms with Crippen LogP contribution in [-0.2, 0) is 30.8 Å². The van der Waals surface area contributed by atoms with Gasteiger partial charge in [0.25, 0.3) is 11.8 Å². The zero-order valence-electron chi connectivity index (χ0n) is 28.8. The Morgan fingerprint density at radius 2 is 1.64 bits per heavy atom. The Morgan fingerprint density at radius 1 is 0.946 bits per heavy atom. The summed E-state index contributed by atoms with van der Waals surface area (Å²) < 4.78 is 47.4. The van der Waals surface area contributed by atoms with Gasteiger partial charge >= 0.3 is 6.18 Å². The summed E-state index contributed by atoms with van der Waals surface area (Å²) in [6.45, 7) is 0. The van der Waals surface area contributed by atoms with E-state index in [1.807, 2.05) is 28.7 Å². The van der Waals surface area contributed by atoms with Gasteiger partial charge in [-0.15, -0.1) is 0 Å². The molecule has 56 heavy (non-hydrogen) atoms. The molecule has 17 heteroatoms. The highest BCUT2D eigenvalue weighted by atomic mass is 127. The van der Waals surface area contributed by atoms with Crippen LogP contribution < -0.4 is 15.1 Å². The van der Waals surface area contributed by atoms with Crippen molar-refractivity contribution in [2.75, 3.05) is 17.4 Å². The normalized spacial score (nSPS) is 25.9. The molecule has 2 aliphatic heterocycles. The van der Waals surface area contributed by atoms with Crippen molar-refractivity contribution in [2.24, 2.45) is 23.7 Å². The summed E-state index contributed by atoms with van der Waals surface area (Å²) in [5, 5.41) is 11.5.